The van der Waals surface area contributed by atoms with Gasteiger partial charge in [0.25, 0.3) is 5.69 Å². The Morgan fingerprint density at radius 3 is 2.42 bits per heavy atom. The number of nitro groups is 1. The number of aryl methyl sites for hydroxylation is 1. The maximum Gasteiger partial charge on any atom is 0.334 e. The molecular weight excluding hydrogens is 418 g/mol. The Labute approximate surface area is 191 Å². The molecule has 0 amide bonds. The van der Waals surface area contributed by atoms with E-state index in [4.69, 9.17) is 4.84 Å². The van der Waals surface area contributed by atoms with Crippen LogP contribution < -0.4 is 0 Å². The molecule has 33 heavy (non-hydrogen) atoms. The van der Waals surface area contributed by atoms with Gasteiger partial charge in [-0.1, -0.05) is 54.5 Å². The van der Waals surface area contributed by atoms with Crippen LogP contribution in [0.1, 0.15) is 30.0 Å². The molecule has 4 rings (SSSR count). The molecule has 0 unspecified atom stereocenters. The summed E-state index contributed by atoms with van der Waals surface area (Å²) >= 11 is 0. The van der Waals surface area contributed by atoms with Crippen LogP contribution in [0.5, 0.6) is 0 Å². The second-order valence-corrected chi connectivity index (χ2v) is 7.66. The van der Waals surface area contributed by atoms with Crippen LogP contribution in [0.3, 0.4) is 0 Å². The molecule has 0 atom stereocenters. The first-order valence-corrected chi connectivity index (χ1v) is 10.6. The first kappa shape index (κ1) is 22.0. The molecule has 0 aliphatic carbocycles. The summed E-state index contributed by atoms with van der Waals surface area (Å²) in [7, 11) is 0. The van der Waals surface area contributed by atoms with Gasteiger partial charge in [-0.2, -0.15) is 0 Å². The molecule has 0 bridgehead atoms. The van der Waals surface area contributed by atoms with Gasteiger partial charge in [-0.05, 0) is 36.2 Å². The highest BCUT2D eigenvalue weighted by Gasteiger charge is 2.17. The zero-order chi connectivity index (χ0) is 23.4. The van der Waals surface area contributed by atoms with Crippen molar-refractivity contribution in [2.75, 3.05) is 0 Å². The molecule has 3 aromatic carbocycles. The number of hydrogen-bond donors (Lipinski definition) is 0. The van der Waals surface area contributed by atoms with Crippen LogP contribution in [0.25, 0.3) is 16.6 Å². The maximum atomic E-state index is 11.9. The zero-order valence-corrected chi connectivity index (χ0v) is 18.4. The molecule has 4 aromatic rings. The van der Waals surface area contributed by atoms with Crippen LogP contribution >= 0.6 is 0 Å². The highest BCUT2D eigenvalue weighted by Crippen LogP contribution is 2.28. The lowest BCUT2D eigenvalue weighted by Gasteiger charge is -2.08. The molecule has 0 fully saturated rings. The lowest BCUT2D eigenvalue weighted by atomic mass is 9.98. The van der Waals surface area contributed by atoms with Crippen molar-refractivity contribution >= 4 is 28.3 Å². The third-order valence-corrected chi connectivity index (χ3v) is 5.53. The number of rotatable bonds is 7. The fraction of sp³-hybridized carbons (Fsp3) is 0.154. The third-order valence-electron chi connectivity index (χ3n) is 5.53. The number of nitro benzene ring substituents is 1. The molecule has 0 radical (unpaired) electrons. The van der Waals surface area contributed by atoms with E-state index in [1.165, 1.54) is 12.1 Å². The average Bonchev–Trinajstić information content (AvgIpc) is 3.22. The van der Waals surface area contributed by atoms with E-state index < -0.39 is 10.9 Å². The summed E-state index contributed by atoms with van der Waals surface area (Å²) in [5, 5.41) is 16.2. The van der Waals surface area contributed by atoms with Crippen LogP contribution in [-0.4, -0.2) is 21.2 Å². The fourth-order valence-corrected chi connectivity index (χ4v) is 3.69. The topological polar surface area (TPSA) is 86.7 Å². The number of oxime groups is 1. The van der Waals surface area contributed by atoms with E-state index in [0.717, 1.165) is 33.3 Å². The Kier molecular flexibility index (Phi) is 6.31. The predicted molar refractivity (Wildman–Crippen MR) is 128 cm³/mol. The Balaban J connectivity index is 1.84. The number of non-ortho nitro benzene ring substituents is 1. The van der Waals surface area contributed by atoms with Gasteiger partial charge in [0.1, 0.15) is 0 Å². The predicted octanol–water partition coefficient (Wildman–Crippen LogP) is 5.75. The van der Waals surface area contributed by atoms with Gasteiger partial charge in [-0.25, -0.2) is 4.79 Å². The molecule has 0 saturated heterocycles. The molecule has 1 heterocycles. The molecule has 7 heteroatoms. The molecular formula is C26H23N3O4. The Morgan fingerprint density at radius 1 is 1.03 bits per heavy atom. The Bertz CT molecular complexity index is 1350. The summed E-state index contributed by atoms with van der Waals surface area (Å²) in [6.07, 6.45) is 2.65. The summed E-state index contributed by atoms with van der Waals surface area (Å²) in [4.78, 5) is 27.7. The number of carbonyl (C=O) groups excluding carboxylic acids is 1. The summed E-state index contributed by atoms with van der Waals surface area (Å²) in [6, 6.07) is 22.2. The second kappa shape index (κ2) is 9.48. The summed E-state index contributed by atoms with van der Waals surface area (Å²) in [5.41, 5.74) is 5.38. The number of para-hydroxylation sites is 1. The molecule has 0 spiro atoms. The van der Waals surface area contributed by atoms with Crippen molar-refractivity contribution in [3.05, 3.63) is 106 Å². The third kappa shape index (κ3) is 4.67. The van der Waals surface area contributed by atoms with E-state index in [2.05, 4.69) is 5.16 Å². The molecule has 0 aliphatic rings. The summed E-state index contributed by atoms with van der Waals surface area (Å²) < 4.78 is 1.96. The van der Waals surface area contributed by atoms with Crippen LogP contribution in [0.2, 0.25) is 0 Å². The van der Waals surface area contributed by atoms with E-state index in [0.29, 0.717) is 12.1 Å². The summed E-state index contributed by atoms with van der Waals surface area (Å²) in [5.74, 6) is -0.406. The van der Waals surface area contributed by atoms with Crippen LogP contribution in [0.4, 0.5) is 5.69 Å². The van der Waals surface area contributed by atoms with Crippen LogP contribution in [0, 0.1) is 17.0 Å². The Hall–Kier alpha value is -4.26. The molecule has 0 saturated carbocycles. The highest BCUT2D eigenvalue weighted by atomic mass is 16.7. The van der Waals surface area contributed by atoms with Gasteiger partial charge in [0.2, 0.25) is 0 Å². The van der Waals surface area contributed by atoms with E-state index in [9.17, 15) is 14.9 Å². The first-order chi connectivity index (χ1) is 16.0. The van der Waals surface area contributed by atoms with Crippen molar-refractivity contribution in [2.45, 2.75) is 26.7 Å². The minimum atomic E-state index is -0.419. The van der Waals surface area contributed by atoms with Crippen LogP contribution in [0.15, 0.2) is 84.1 Å². The quantitative estimate of drug-likeness (QED) is 0.158. The highest BCUT2D eigenvalue weighted by molar-refractivity contribution is 6.12. The number of benzene rings is 3. The van der Waals surface area contributed by atoms with Gasteiger partial charge in [0.05, 0.1) is 16.2 Å². The van der Waals surface area contributed by atoms with E-state index in [1.807, 2.05) is 66.2 Å². The van der Waals surface area contributed by atoms with Gasteiger partial charge < -0.3 is 9.40 Å². The normalized spacial score (nSPS) is 11.5. The molecule has 166 valence electrons. The number of fused-ring (bicyclic) bond motifs is 1. The SMILES string of the molecule is CCC(=O)O/N=C(\Cc1ccccc1C)c1cn(-c2ccc([N+](=O)[O-])cc2)c2ccccc12. The van der Waals surface area contributed by atoms with E-state index in [1.54, 1.807) is 19.1 Å². The van der Waals surface area contributed by atoms with E-state index in [-0.39, 0.29) is 12.1 Å². The number of aromatic nitrogens is 1. The number of carbonyl (C=O) groups is 1. The lowest BCUT2D eigenvalue weighted by molar-refractivity contribution is -0.384. The summed E-state index contributed by atoms with van der Waals surface area (Å²) in [6.45, 7) is 3.75. The smallest absolute Gasteiger partial charge is 0.318 e. The molecule has 7 nitrogen and oxygen atoms in total. The van der Waals surface area contributed by atoms with Crippen LogP contribution in [-0.2, 0) is 16.1 Å². The van der Waals surface area contributed by atoms with Crippen molar-refractivity contribution in [3.63, 3.8) is 0 Å². The first-order valence-electron chi connectivity index (χ1n) is 10.6. The molecule has 1 aromatic heterocycles. The van der Waals surface area contributed by atoms with Crippen molar-refractivity contribution in [2.24, 2.45) is 5.16 Å². The van der Waals surface area contributed by atoms with Gasteiger partial charge in [-0.15, -0.1) is 0 Å². The minimum absolute atomic E-state index is 0.0312. The van der Waals surface area contributed by atoms with Gasteiger partial charge in [0.15, 0.2) is 0 Å². The van der Waals surface area contributed by atoms with Gasteiger partial charge in [0, 0.05) is 47.8 Å². The average molecular weight is 441 g/mol. The monoisotopic (exact) mass is 441 g/mol. The fourth-order valence-electron chi connectivity index (χ4n) is 3.69. The minimum Gasteiger partial charge on any atom is -0.318 e. The van der Waals surface area contributed by atoms with Crippen molar-refractivity contribution in [1.29, 1.82) is 0 Å². The van der Waals surface area contributed by atoms with Crippen molar-refractivity contribution in [3.8, 4) is 5.69 Å². The zero-order valence-electron chi connectivity index (χ0n) is 18.4. The molecule has 0 N–H and O–H groups in total. The standard InChI is InChI=1S/C26H23N3O4/c1-3-26(30)33-27-24(16-19-9-5-4-8-18(19)2)23-17-28(25-11-7-6-10-22(23)25)20-12-14-21(15-13-20)29(31)32/h4-15,17H,3,16H2,1-2H3/b27-24+. The lowest BCUT2D eigenvalue weighted by Crippen LogP contribution is -2.09. The van der Waals surface area contributed by atoms with Crippen molar-refractivity contribution < 1.29 is 14.6 Å². The number of nitrogens with zero attached hydrogens (tertiary/aromatic N) is 3. The van der Waals surface area contributed by atoms with E-state index >= 15 is 0 Å². The number of hydrogen-bond acceptors (Lipinski definition) is 5. The molecule has 0 aliphatic heterocycles. The van der Waals surface area contributed by atoms with Gasteiger partial charge >= 0.3 is 5.97 Å². The van der Waals surface area contributed by atoms with Gasteiger partial charge in [-0.3, -0.25) is 10.1 Å². The maximum absolute atomic E-state index is 11.9. The Morgan fingerprint density at radius 2 is 1.73 bits per heavy atom. The second-order valence-electron chi connectivity index (χ2n) is 7.66. The van der Waals surface area contributed by atoms with Crippen molar-refractivity contribution in [1.82, 2.24) is 4.57 Å². The largest absolute Gasteiger partial charge is 0.334 e.